The van der Waals surface area contributed by atoms with E-state index in [2.05, 4.69) is 6.92 Å². The minimum Gasteiger partial charge on any atom is -0.872 e. The normalized spacial score (nSPS) is 11.0. The van der Waals surface area contributed by atoms with Gasteiger partial charge in [0.15, 0.2) is 0 Å². The average Bonchev–Trinajstić information content (AvgIpc) is 2.60. The van der Waals surface area contributed by atoms with Gasteiger partial charge in [-0.05, 0) is 48.7 Å². The van der Waals surface area contributed by atoms with Crippen LogP contribution in [-0.4, -0.2) is 13.0 Å². The fraction of sp³-hybridized carbons (Fsp3) is 0.400. The van der Waals surface area contributed by atoms with Crippen molar-refractivity contribution in [3.63, 3.8) is 0 Å². The molecule has 0 aromatic heterocycles. The second kappa shape index (κ2) is 11.7. The van der Waals surface area contributed by atoms with Crippen LogP contribution in [0, 0.1) is 0 Å². The molecular weight excluding hydrogens is 375 g/mol. The van der Waals surface area contributed by atoms with Crippen molar-refractivity contribution in [1.82, 2.24) is 0 Å². The molecule has 142 valence electrons. The van der Waals surface area contributed by atoms with Gasteiger partial charge in [-0.1, -0.05) is 51.2 Å². The monoisotopic (exact) mass is 400 g/mol. The van der Waals surface area contributed by atoms with Crippen LogP contribution in [0.1, 0.15) is 51.0 Å². The third-order valence-corrected chi connectivity index (χ3v) is 5.03. The minimum atomic E-state index is -4.26. The van der Waals surface area contributed by atoms with Gasteiger partial charge in [-0.2, -0.15) is 8.42 Å². The van der Waals surface area contributed by atoms with E-state index in [1.807, 2.05) is 0 Å². The summed E-state index contributed by atoms with van der Waals surface area (Å²) in [6.07, 6.45) is 7.39. The zero-order chi connectivity index (χ0) is 19.0. The number of rotatable bonds is 10. The predicted octanol–water partition coefficient (Wildman–Crippen LogP) is 1.71. The van der Waals surface area contributed by atoms with Crippen molar-refractivity contribution in [2.24, 2.45) is 0 Å². The van der Waals surface area contributed by atoms with Crippen LogP contribution in [-0.2, 0) is 16.5 Å². The Labute approximate surface area is 183 Å². The molecule has 0 unspecified atom stereocenters. The van der Waals surface area contributed by atoms with E-state index in [0.29, 0.717) is 17.9 Å². The molecule has 0 bridgehead atoms. The van der Waals surface area contributed by atoms with E-state index in [-0.39, 0.29) is 40.2 Å². The Hall–Kier alpha value is -1.05. The van der Waals surface area contributed by atoms with E-state index in [9.17, 15) is 18.1 Å². The van der Waals surface area contributed by atoms with Crippen LogP contribution in [0.4, 0.5) is 0 Å². The molecule has 0 atom stereocenters. The molecule has 0 saturated heterocycles. The van der Waals surface area contributed by atoms with Gasteiger partial charge in [0, 0.05) is 0 Å². The molecule has 0 radical (unpaired) electrons. The topological polar surface area (TPSA) is 86.7 Å². The molecule has 0 heterocycles. The van der Waals surface area contributed by atoms with Gasteiger partial charge >= 0.3 is 29.6 Å². The van der Waals surface area contributed by atoms with Gasteiger partial charge in [0.2, 0.25) is 0 Å². The largest absolute Gasteiger partial charge is 1.00 e. The first kappa shape index (κ1) is 24.0. The summed E-state index contributed by atoms with van der Waals surface area (Å²) in [5.74, 6) is 0.935. The van der Waals surface area contributed by atoms with Crippen LogP contribution in [0.25, 0.3) is 0 Å². The standard InChI is InChI=1S/C20H26O5S.Na/c1-2-3-4-5-6-7-8-16-15-19(26(22,23)24)13-14-20(16)25-18-11-9-17(21)10-12-18;/h9-15,21H,2-8H2,1H3,(H,22,23,24);/q;+1/p-1. The van der Waals surface area contributed by atoms with Gasteiger partial charge in [-0.3, -0.25) is 4.55 Å². The van der Waals surface area contributed by atoms with Crippen molar-refractivity contribution in [2.75, 3.05) is 0 Å². The fourth-order valence-electron chi connectivity index (χ4n) is 2.74. The Morgan fingerprint density at radius 3 is 2.22 bits per heavy atom. The number of unbranched alkanes of at least 4 members (excludes halogenated alkanes) is 5. The Balaban J connectivity index is 0.00000364. The molecule has 0 saturated carbocycles. The molecular formula is C20H25NaO5S. The van der Waals surface area contributed by atoms with Gasteiger partial charge in [0.1, 0.15) is 11.5 Å². The first-order valence-electron chi connectivity index (χ1n) is 8.95. The second-order valence-corrected chi connectivity index (χ2v) is 7.76. The fourth-order valence-corrected chi connectivity index (χ4v) is 3.27. The molecule has 2 aromatic rings. The number of hydrogen-bond donors (Lipinski definition) is 1. The van der Waals surface area contributed by atoms with Crippen molar-refractivity contribution in [3.8, 4) is 17.2 Å². The molecule has 0 aliphatic heterocycles. The van der Waals surface area contributed by atoms with Crippen molar-refractivity contribution in [1.29, 1.82) is 0 Å². The summed E-state index contributed by atoms with van der Waals surface area (Å²) in [6, 6.07) is 10.3. The van der Waals surface area contributed by atoms with Crippen molar-refractivity contribution < 1.29 is 52.4 Å². The maximum absolute atomic E-state index is 11.4. The van der Waals surface area contributed by atoms with Crippen molar-refractivity contribution >= 4 is 10.1 Å². The van der Waals surface area contributed by atoms with Crippen LogP contribution >= 0.6 is 0 Å². The van der Waals surface area contributed by atoms with E-state index in [4.69, 9.17) is 4.74 Å². The SMILES string of the molecule is CCCCCCCCc1cc(S(=O)(=O)O)ccc1Oc1ccc([O-])cc1.[Na+]. The molecule has 27 heavy (non-hydrogen) atoms. The molecule has 0 aliphatic carbocycles. The molecule has 0 amide bonds. The number of benzene rings is 2. The van der Waals surface area contributed by atoms with Gasteiger partial charge < -0.3 is 9.84 Å². The molecule has 0 aliphatic rings. The van der Waals surface area contributed by atoms with E-state index >= 15 is 0 Å². The molecule has 5 nitrogen and oxygen atoms in total. The Morgan fingerprint density at radius 1 is 0.963 bits per heavy atom. The maximum atomic E-state index is 11.4. The summed E-state index contributed by atoms with van der Waals surface area (Å²) < 4.78 is 37.9. The summed E-state index contributed by atoms with van der Waals surface area (Å²) >= 11 is 0. The summed E-state index contributed by atoms with van der Waals surface area (Å²) in [5, 5.41) is 11.2. The van der Waals surface area contributed by atoms with Gasteiger partial charge in [-0.25, -0.2) is 0 Å². The smallest absolute Gasteiger partial charge is 0.872 e. The number of aryl methyl sites for hydroxylation is 1. The van der Waals surface area contributed by atoms with Crippen LogP contribution in [0.15, 0.2) is 47.4 Å². The third-order valence-electron chi connectivity index (χ3n) is 4.18. The maximum Gasteiger partial charge on any atom is 1.00 e. The summed E-state index contributed by atoms with van der Waals surface area (Å²) in [7, 11) is -4.26. The Kier molecular flexibility index (Phi) is 10.4. The molecule has 0 spiro atoms. The molecule has 7 heteroatoms. The number of hydrogen-bond acceptors (Lipinski definition) is 4. The quantitative estimate of drug-likeness (QED) is 0.373. The van der Waals surface area contributed by atoms with E-state index in [0.717, 1.165) is 24.8 Å². The zero-order valence-electron chi connectivity index (χ0n) is 16.0. The van der Waals surface area contributed by atoms with Crippen LogP contribution in [0.5, 0.6) is 17.2 Å². The molecule has 2 rings (SSSR count). The predicted molar refractivity (Wildman–Crippen MR) is 99.3 cm³/mol. The molecule has 0 fully saturated rings. The number of ether oxygens (including phenoxy) is 1. The van der Waals surface area contributed by atoms with Gasteiger partial charge in [0.25, 0.3) is 10.1 Å². The van der Waals surface area contributed by atoms with E-state index < -0.39 is 10.1 Å². The van der Waals surface area contributed by atoms with Crippen LogP contribution in [0.2, 0.25) is 0 Å². The molecule has 2 aromatic carbocycles. The van der Waals surface area contributed by atoms with E-state index in [1.165, 1.54) is 43.5 Å². The van der Waals surface area contributed by atoms with Gasteiger partial charge in [-0.15, -0.1) is 5.75 Å². The summed E-state index contributed by atoms with van der Waals surface area (Å²) in [4.78, 5) is -0.138. The first-order chi connectivity index (χ1) is 12.4. The van der Waals surface area contributed by atoms with Crippen molar-refractivity contribution in [2.45, 2.75) is 56.8 Å². The zero-order valence-corrected chi connectivity index (χ0v) is 18.8. The van der Waals surface area contributed by atoms with Crippen molar-refractivity contribution in [3.05, 3.63) is 48.0 Å². The van der Waals surface area contributed by atoms with E-state index in [1.54, 1.807) is 18.2 Å². The third kappa shape index (κ3) is 8.23. The Bertz CT molecular complexity index is 804. The van der Waals surface area contributed by atoms with Gasteiger partial charge in [0.05, 0.1) is 4.90 Å². The average molecular weight is 400 g/mol. The van der Waals surface area contributed by atoms with Crippen LogP contribution in [0.3, 0.4) is 0 Å². The first-order valence-corrected chi connectivity index (χ1v) is 10.4. The Morgan fingerprint density at radius 2 is 1.59 bits per heavy atom. The minimum absolute atomic E-state index is 0. The summed E-state index contributed by atoms with van der Waals surface area (Å²) in [6.45, 7) is 2.17. The summed E-state index contributed by atoms with van der Waals surface area (Å²) in [5.41, 5.74) is 0.724. The molecule has 1 N–H and O–H groups in total. The van der Waals surface area contributed by atoms with Crippen LogP contribution < -0.4 is 39.4 Å². The second-order valence-electron chi connectivity index (χ2n) is 6.34.